The van der Waals surface area contributed by atoms with Crippen LogP contribution in [0.15, 0.2) is 236 Å². The quantitative estimate of drug-likeness (QED) is 0.0167. The number of Topliss-reactive ketones (excluding diaryl/α,β-unsaturated/α-hetero) is 1. The van der Waals surface area contributed by atoms with E-state index in [1.54, 1.807) is 65.4 Å². The number of methoxy groups -OCH3 is 1. The van der Waals surface area contributed by atoms with E-state index in [0.717, 1.165) is 189 Å². The molecule has 0 radical (unpaired) electrons. The van der Waals surface area contributed by atoms with Crippen molar-refractivity contribution in [2.45, 2.75) is 144 Å². The molecular weight excluding hydrogens is 1610 g/mol. The minimum atomic E-state index is -0.366. The molecule has 1 fully saturated rings. The van der Waals surface area contributed by atoms with Gasteiger partial charge in [-0.15, -0.1) is 34.0 Å². The van der Waals surface area contributed by atoms with Gasteiger partial charge in [-0.05, 0) is 147 Å². The number of nitrogens with zero attached hydrogens (tertiary/aromatic N) is 9. The van der Waals surface area contributed by atoms with Crippen molar-refractivity contribution in [3.05, 3.63) is 334 Å². The first-order chi connectivity index (χ1) is 59.8. The van der Waals surface area contributed by atoms with E-state index in [1.807, 2.05) is 95.7 Å². The van der Waals surface area contributed by atoms with Gasteiger partial charge in [0.05, 0.1) is 54.4 Å². The SMILES string of the molecule is C=C(NCc1ccc(F)cc1)c1csc(CN(Cc2ccc(OC)cc2)Cc2ccc3c(c2)OCO3)n1.C=C(c1csc(CN(Cc2ccc(C(C)(C)C)cc2)Cc2ccc3c(c2)OCO3)n1)N1CCN(c2ccc([N+](=O)[O-])cc2)CC1.CCCCCCCC(=O)c1csc(CN(Cc2ccc(OCc3ccccc3)cc2)Cc2ccc3c(c2)OCO3)n1. The van der Waals surface area contributed by atoms with Gasteiger partial charge >= 0.3 is 0 Å². The van der Waals surface area contributed by atoms with Gasteiger partial charge in [-0.25, -0.2) is 19.3 Å². The summed E-state index contributed by atoms with van der Waals surface area (Å²) in [5.74, 6) is 6.29. The second-order valence-electron chi connectivity index (χ2n) is 31.8. The Morgan fingerprint density at radius 2 is 0.943 bits per heavy atom. The van der Waals surface area contributed by atoms with E-state index in [4.69, 9.17) is 52.8 Å². The number of nitrogens with one attached hydrogen (secondary N) is 1. The zero-order valence-corrected chi connectivity index (χ0v) is 72.8. The van der Waals surface area contributed by atoms with E-state index in [9.17, 15) is 19.3 Å². The number of rotatable bonds is 37. The van der Waals surface area contributed by atoms with Gasteiger partial charge in [0.15, 0.2) is 40.3 Å². The number of benzene rings is 9. The number of hydrogen-bond donors (Lipinski definition) is 1. The second kappa shape index (κ2) is 42.7. The first-order valence-electron chi connectivity index (χ1n) is 41.6. The van der Waals surface area contributed by atoms with Crippen LogP contribution < -0.4 is 48.1 Å². The number of nitro groups is 1. The Kier molecular flexibility index (Phi) is 30.3. The molecule has 21 nitrogen and oxygen atoms in total. The fraction of sp³-hybridized carbons (Fsp3) is 0.306. The van der Waals surface area contributed by atoms with Crippen LogP contribution in [0.1, 0.15) is 153 Å². The van der Waals surface area contributed by atoms with Crippen molar-refractivity contribution in [1.82, 2.24) is 39.9 Å². The molecule has 16 rings (SSSR count). The summed E-state index contributed by atoms with van der Waals surface area (Å²) in [5, 5.41) is 23.3. The van der Waals surface area contributed by atoms with Gasteiger partial charge in [0.2, 0.25) is 20.4 Å². The summed E-state index contributed by atoms with van der Waals surface area (Å²) in [5.41, 5.74) is 15.7. The summed E-state index contributed by atoms with van der Waals surface area (Å²) < 4.78 is 57.7. The molecule has 9 aromatic carbocycles. The highest BCUT2D eigenvalue weighted by Gasteiger charge is 2.26. The lowest BCUT2D eigenvalue weighted by atomic mass is 9.87. The molecule has 123 heavy (non-hydrogen) atoms. The Balaban J connectivity index is 0.000000151. The number of anilines is 1. The summed E-state index contributed by atoms with van der Waals surface area (Å²) in [4.78, 5) is 49.6. The van der Waals surface area contributed by atoms with Gasteiger partial charge in [0, 0.05) is 112 Å². The molecule has 0 aliphatic carbocycles. The van der Waals surface area contributed by atoms with E-state index in [-0.39, 0.29) is 48.0 Å². The average molecular weight is 1710 g/mol. The van der Waals surface area contributed by atoms with Crippen LogP contribution in [0.25, 0.3) is 11.4 Å². The lowest BCUT2D eigenvalue weighted by Crippen LogP contribution is -2.45. The van der Waals surface area contributed by atoms with Crippen LogP contribution in [0.5, 0.6) is 46.0 Å². The Hall–Kier alpha value is -12.0. The van der Waals surface area contributed by atoms with Gasteiger partial charge in [0.25, 0.3) is 5.69 Å². The number of ketones is 1. The molecule has 4 aliphatic heterocycles. The highest BCUT2D eigenvalue weighted by atomic mass is 32.1. The highest BCUT2D eigenvalue weighted by Crippen LogP contribution is 2.38. The molecule has 1 N–H and O–H groups in total. The number of nitro benzene ring substituents is 1. The first-order valence-corrected chi connectivity index (χ1v) is 44.3. The van der Waals surface area contributed by atoms with Crippen molar-refractivity contribution in [2.75, 3.05) is 58.6 Å². The predicted molar refractivity (Wildman–Crippen MR) is 484 cm³/mol. The topological polar surface area (TPSA) is 201 Å². The number of carbonyl (C=O) groups excluding carboxylic acids is 1. The number of unbranched alkanes of at least 4 members (excludes halogenated alkanes) is 4. The zero-order valence-electron chi connectivity index (χ0n) is 70.4. The van der Waals surface area contributed by atoms with Crippen LogP contribution in [0.4, 0.5) is 15.8 Å². The van der Waals surface area contributed by atoms with Gasteiger partial charge in [-0.1, -0.05) is 176 Å². The molecule has 0 unspecified atom stereocenters. The smallest absolute Gasteiger partial charge is 0.269 e. The lowest BCUT2D eigenvalue weighted by Gasteiger charge is -2.37. The van der Waals surface area contributed by atoms with Crippen molar-refractivity contribution in [2.24, 2.45) is 0 Å². The molecule has 25 heteroatoms. The molecule has 0 amide bonds. The molecular formula is C98H105FN10O11S3. The molecule has 1 saturated heterocycles. The molecule has 0 saturated carbocycles. The monoisotopic (exact) mass is 1710 g/mol. The Morgan fingerprint density at radius 3 is 1.44 bits per heavy atom. The van der Waals surface area contributed by atoms with Gasteiger partial charge < -0.3 is 53.0 Å². The predicted octanol–water partition coefficient (Wildman–Crippen LogP) is 21.3. The molecule has 4 aliphatic rings. The maximum atomic E-state index is 13.2. The minimum Gasteiger partial charge on any atom is -0.497 e. The first kappa shape index (κ1) is 87.4. The van der Waals surface area contributed by atoms with E-state index >= 15 is 0 Å². The van der Waals surface area contributed by atoms with E-state index in [2.05, 4.69) is 161 Å². The number of piperazine rings is 1. The molecule has 7 heterocycles. The number of hydrogen-bond acceptors (Lipinski definition) is 23. The van der Waals surface area contributed by atoms with Crippen LogP contribution >= 0.6 is 34.0 Å². The molecule has 0 bridgehead atoms. The van der Waals surface area contributed by atoms with Crippen LogP contribution in [0.2, 0.25) is 0 Å². The standard InChI is InChI=1S/C35H39N5O4S.C34H38N2O4S.C29H28FN3O3S/c1-25(38-15-17-39(18-16-38)29-10-12-30(13-11-29)40(41)42)31-23-45-34(36-31)22-37(20-26-5-8-28(9-6-26)35(2,3)4)21-27-7-14-32-33(19-27)44-24-43-32;1-2-3-4-5-9-12-31(37)30-24-41-34(35-30)22-36(21-28-15-18-32-33(19-28)40-25-39-32)20-26-13-16-29(17-14-26)38-23-27-10-7-6-8-11-27;1-20(31-14-21-3-8-24(30)9-4-21)26-18-37-29(32-26)17-33(15-22-5-10-25(34-2)11-6-22)16-23-7-12-27-28(13-23)36-19-35-27/h5-14,19,23H,1,15-18,20-22,24H2,2-4H3;6-8,10-11,13-19,24H,2-5,9,12,20-23,25H2,1H3;3-13,18,31H,1,14-17,19H2,2H3. The fourth-order valence-corrected chi connectivity index (χ4v) is 17.2. The summed E-state index contributed by atoms with van der Waals surface area (Å²) in [6, 6.07) is 67.1. The summed E-state index contributed by atoms with van der Waals surface area (Å²) in [6.07, 6.45) is 6.26. The van der Waals surface area contributed by atoms with Crippen LogP contribution in [0, 0.1) is 15.9 Å². The number of aromatic nitrogens is 3. The van der Waals surface area contributed by atoms with Crippen molar-refractivity contribution in [3.8, 4) is 46.0 Å². The third-order valence-corrected chi connectivity index (χ3v) is 24.0. The largest absolute Gasteiger partial charge is 0.497 e. The maximum absolute atomic E-state index is 13.2. The zero-order chi connectivity index (χ0) is 85.4. The number of non-ortho nitro benzene ring substituents is 1. The van der Waals surface area contributed by atoms with Crippen molar-refractivity contribution in [3.63, 3.8) is 0 Å². The third-order valence-electron chi connectivity index (χ3n) is 21.5. The lowest BCUT2D eigenvalue weighted by molar-refractivity contribution is -0.384. The van der Waals surface area contributed by atoms with Crippen molar-refractivity contribution >= 4 is 62.6 Å². The number of fused-ring (bicyclic) bond motifs is 3. The number of ether oxygens (including phenoxy) is 8. The molecule has 0 atom stereocenters. The third kappa shape index (κ3) is 25.4. The normalized spacial score (nSPS) is 13.0. The minimum absolute atomic E-state index is 0.109. The maximum Gasteiger partial charge on any atom is 0.269 e. The number of thiazole rings is 3. The van der Waals surface area contributed by atoms with Crippen molar-refractivity contribution < 1.29 is 52.0 Å². The molecule has 638 valence electrons. The van der Waals surface area contributed by atoms with Crippen LogP contribution in [-0.4, -0.2) is 98.9 Å². The average Bonchev–Trinajstić information content (AvgIpc) is 1.77. The summed E-state index contributed by atoms with van der Waals surface area (Å²) in [6.45, 7) is 29.1. The molecule has 3 aromatic heterocycles. The van der Waals surface area contributed by atoms with E-state index < -0.39 is 0 Å². The number of halogens is 1. The summed E-state index contributed by atoms with van der Waals surface area (Å²) >= 11 is 4.84. The second-order valence-corrected chi connectivity index (χ2v) is 34.7. The summed E-state index contributed by atoms with van der Waals surface area (Å²) in [7, 11) is 1.67. The Labute approximate surface area is 731 Å². The van der Waals surface area contributed by atoms with Crippen LogP contribution in [0.3, 0.4) is 0 Å². The Bertz CT molecular complexity index is 5470. The fourth-order valence-electron chi connectivity index (χ4n) is 14.7. The van der Waals surface area contributed by atoms with Gasteiger partial charge in [-0.2, -0.15) is 0 Å². The van der Waals surface area contributed by atoms with Crippen LogP contribution in [-0.2, 0) is 77.5 Å². The van der Waals surface area contributed by atoms with E-state index in [1.165, 1.54) is 53.6 Å². The van der Waals surface area contributed by atoms with Gasteiger partial charge in [0.1, 0.15) is 44.6 Å². The Morgan fingerprint density at radius 1 is 0.504 bits per heavy atom. The molecule has 12 aromatic rings. The van der Waals surface area contributed by atoms with Crippen molar-refractivity contribution in [1.29, 1.82) is 0 Å². The van der Waals surface area contributed by atoms with E-state index in [0.29, 0.717) is 51.4 Å². The molecule has 0 spiro atoms. The highest BCUT2D eigenvalue weighted by molar-refractivity contribution is 7.10. The number of carbonyl (C=O) groups is 1. The van der Waals surface area contributed by atoms with Gasteiger partial charge in [-0.3, -0.25) is 29.6 Å².